The molecule has 0 aliphatic rings. The molecule has 29 heavy (non-hydrogen) atoms. The quantitative estimate of drug-likeness (QED) is 0.346. The number of hydrazone groups is 1. The van der Waals surface area contributed by atoms with Crippen LogP contribution in [0.2, 0.25) is 0 Å². The van der Waals surface area contributed by atoms with Crippen molar-refractivity contribution in [2.75, 3.05) is 20.3 Å². The van der Waals surface area contributed by atoms with Gasteiger partial charge in [-0.2, -0.15) is 5.10 Å². The first-order valence-corrected chi connectivity index (χ1v) is 9.86. The summed E-state index contributed by atoms with van der Waals surface area (Å²) in [5.41, 5.74) is 5.55. The highest BCUT2D eigenvalue weighted by Crippen LogP contribution is 2.27. The molecule has 156 valence electrons. The van der Waals surface area contributed by atoms with E-state index in [0.717, 1.165) is 30.4 Å². The normalized spacial score (nSPS) is 10.8. The van der Waals surface area contributed by atoms with Crippen molar-refractivity contribution in [3.63, 3.8) is 0 Å². The second kappa shape index (κ2) is 11.7. The number of methoxy groups -OCH3 is 1. The molecule has 0 aliphatic heterocycles. The van der Waals surface area contributed by atoms with E-state index in [9.17, 15) is 4.79 Å². The summed E-state index contributed by atoms with van der Waals surface area (Å²) in [6.07, 6.45) is 4.85. The smallest absolute Gasteiger partial charge is 0.277 e. The van der Waals surface area contributed by atoms with Gasteiger partial charge < -0.3 is 14.2 Å². The molecule has 2 aromatic rings. The zero-order valence-electron chi connectivity index (χ0n) is 17.7. The van der Waals surface area contributed by atoms with E-state index in [2.05, 4.69) is 17.5 Å². The predicted molar refractivity (Wildman–Crippen MR) is 115 cm³/mol. The highest BCUT2D eigenvalue weighted by molar-refractivity contribution is 5.83. The maximum Gasteiger partial charge on any atom is 0.277 e. The number of aryl methyl sites for hydroxylation is 2. The molecular formula is C23H30N2O4. The third-order valence-corrected chi connectivity index (χ3v) is 4.44. The Kier molecular flexibility index (Phi) is 9.02. The van der Waals surface area contributed by atoms with Crippen LogP contribution in [0.5, 0.6) is 17.2 Å². The monoisotopic (exact) mass is 398 g/mol. The van der Waals surface area contributed by atoms with E-state index in [-0.39, 0.29) is 12.5 Å². The van der Waals surface area contributed by atoms with Crippen LogP contribution >= 0.6 is 0 Å². The van der Waals surface area contributed by atoms with Gasteiger partial charge in [0.2, 0.25) is 0 Å². The van der Waals surface area contributed by atoms with Gasteiger partial charge >= 0.3 is 0 Å². The van der Waals surface area contributed by atoms with Crippen molar-refractivity contribution < 1.29 is 19.0 Å². The average molecular weight is 399 g/mol. The molecule has 0 heterocycles. The Morgan fingerprint density at radius 1 is 1.03 bits per heavy atom. The van der Waals surface area contributed by atoms with Crippen LogP contribution < -0.4 is 19.6 Å². The second-order valence-corrected chi connectivity index (χ2v) is 6.79. The Balaban J connectivity index is 1.83. The lowest BCUT2D eigenvalue weighted by molar-refractivity contribution is -0.123. The number of nitrogens with zero attached hydrogens (tertiary/aromatic N) is 1. The summed E-state index contributed by atoms with van der Waals surface area (Å²) in [5, 5.41) is 3.98. The number of rotatable bonds is 11. The van der Waals surface area contributed by atoms with Crippen LogP contribution in [0.4, 0.5) is 0 Å². The molecule has 0 bridgehead atoms. The number of ether oxygens (including phenoxy) is 3. The topological polar surface area (TPSA) is 69.2 Å². The number of nitrogens with one attached hydrogen (secondary N) is 1. The van der Waals surface area contributed by atoms with E-state index >= 15 is 0 Å². The van der Waals surface area contributed by atoms with Crippen molar-refractivity contribution in [3.05, 3.63) is 53.1 Å². The van der Waals surface area contributed by atoms with Crippen LogP contribution in [0, 0.1) is 13.8 Å². The Hall–Kier alpha value is -3.02. The molecule has 0 saturated heterocycles. The SMILES string of the molecule is CCCCCOc1ccc(/C=N/NC(=O)COc2ccc(C)c(C)c2)cc1OC. The van der Waals surface area contributed by atoms with Crippen LogP contribution in [0.1, 0.15) is 42.9 Å². The minimum absolute atomic E-state index is 0.103. The van der Waals surface area contributed by atoms with Gasteiger partial charge in [-0.15, -0.1) is 0 Å². The molecule has 2 rings (SSSR count). The fourth-order valence-corrected chi connectivity index (χ4v) is 2.58. The van der Waals surface area contributed by atoms with E-state index < -0.39 is 0 Å². The standard InChI is InChI=1S/C23H30N2O4/c1-5-6-7-12-28-21-11-9-19(14-22(21)27-4)15-24-25-23(26)16-29-20-10-8-17(2)18(3)13-20/h8-11,13-15H,5-7,12,16H2,1-4H3,(H,25,26)/b24-15+. The maximum absolute atomic E-state index is 11.9. The summed E-state index contributed by atoms with van der Waals surface area (Å²) >= 11 is 0. The number of carbonyl (C=O) groups excluding carboxylic acids is 1. The van der Waals surface area contributed by atoms with Crippen LogP contribution in [-0.4, -0.2) is 32.4 Å². The zero-order chi connectivity index (χ0) is 21.1. The number of unbranched alkanes of at least 4 members (excludes halogenated alkanes) is 2. The molecule has 0 radical (unpaired) electrons. The third kappa shape index (κ3) is 7.49. The van der Waals surface area contributed by atoms with Gasteiger partial charge in [0.05, 0.1) is 19.9 Å². The molecule has 6 heteroatoms. The lowest BCUT2D eigenvalue weighted by Gasteiger charge is -2.11. The highest BCUT2D eigenvalue weighted by Gasteiger charge is 2.06. The van der Waals surface area contributed by atoms with Gasteiger partial charge in [0.1, 0.15) is 5.75 Å². The first kappa shape index (κ1) is 22.3. The molecule has 0 atom stereocenters. The summed E-state index contributed by atoms with van der Waals surface area (Å²) in [4.78, 5) is 11.9. The van der Waals surface area contributed by atoms with Crippen molar-refractivity contribution in [1.82, 2.24) is 5.43 Å². The molecule has 0 aromatic heterocycles. The van der Waals surface area contributed by atoms with Gasteiger partial charge in [-0.3, -0.25) is 4.79 Å². The summed E-state index contributed by atoms with van der Waals surface area (Å²) < 4.78 is 16.6. The lowest BCUT2D eigenvalue weighted by Crippen LogP contribution is -2.24. The van der Waals surface area contributed by atoms with Gasteiger partial charge in [-0.05, 0) is 67.3 Å². The fourth-order valence-electron chi connectivity index (χ4n) is 2.58. The molecule has 0 saturated carbocycles. The number of hydrogen-bond donors (Lipinski definition) is 1. The first-order chi connectivity index (χ1) is 14.0. The molecule has 0 fully saturated rings. The predicted octanol–water partition coefficient (Wildman–Crippen LogP) is 4.41. The Labute approximate surface area is 172 Å². The Morgan fingerprint density at radius 2 is 1.86 bits per heavy atom. The molecular weight excluding hydrogens is 368 g/mol. The van der Waals surface area contributed by atoms with E-state index in [4.69, 9.17) is 14.2 Å². The third-order valence-electron chi connectivity index (χ3n) is 4.44. The van der Waals surface area contributed by atoms with E-state index in [1.54, 1.807) is 13.3 Å². The number of hydrogen-bond acceptors (Lipinski definition) is 5. The van der Waals surface area contributed by atoms with Crippen molar-refractivity contribution in [3.8, 4) is 17.2 Å². The molecule has 6 nitrogen and oxygen atoms in total. The number of carbonyl (C=O) groups is 1. The van der Waals surface area contributed by atoms with Crippen molar-refractivity contribution >= 4 is 12.1 Å². The van der Waals surface area contributed by atoms with Gasteiger partial charge in [0, 0.05) is 0 Å². The highest BCUT2D eigenvalue weighted by atomic mass is 16.5. The summed E-state index contributed by atoms with van der Waals surface area (Å²) in [6.45, 7) is 6.74. The molecule has 0 unspecified atom stereocenters. The van der Waals surface area contributed by atoms with Crippen molar-refractivity contribution in [2.24, 2.45) is 5.10 Å². The molecule has 1 amide bonds. The summed E-state index contributed by atoms with van der Waals surface area (Å²) in [7, 11) is 1.60. The Bertz CT molecular complexity index is 834. The number of amides is 1. The number of benzene rings is 2. The second-order valence-electron chi connectivity index (χ2n) is 6.79. The zero-order valence-corrected chi connectivity index (χ0v) is 17.7. The average Bonchev–Trinajstić information content (AvgIpc) is 2.72. The van der Waals surface area contributed by atoms with E-state index in [0.29, 0.717) is 23.9 Å². The van der Waals surface area contributed by atoms with Gasteiger partial charge in [0.25, 0.3) is 5.91 Å². The van der Waals surface area contributed by atoms with Crippen LogP contribution in [0.25, 0.3) is 0 Å². The molecule has 2 aromatic carbocycles. The maximum atomic E-state index is 11.9. The molecule has 0 spiro atoms. The molecule has 1 N–H and O–H groups in total. The van der Waals surface area contributed by atoms with Crippen LogP contribution in [-0.2, 0) is 4.79 Å². The first-order valence-electron chi connectivity index (χ1n) is 9.86. The summed E-state index contributed by atoms with van der Waals surface area (Å²) in [6, 6.07) is 11.2. The van der Waals surface area contributed by atoms with Crippen LogP contribution in [0.3, 0.4) is 0 Å². The fraction of sp³-hybridized carbons (Fsp3) is 0.391. The van der Waals surface area contributed by atoms with Gasteiger partial charge in [-0.25, -0.2) is 5.43 Å². The minimum atomic E-state index is -0.331. The van der Waals surface area contributed by atoms with Crippen molar-refractivity contribution in [1.29, 1.82) is 0 Å². The van der Waals surface area contributed by atoms with Crippen LogP contribution in [0.15, 0.2) is 41.5 Å². The summed E-state index contributed by atoms with van der Waals surface area (Å²) in [5.74, 6) is 1.66. The molecule has 0 aliphatic carbocycles. The van der Waals surface area contributed by atoms with Gasteiger partial charge in [-0.1, -0.05) is 25.8 Å². The minimum Gasteiger partial charge on any atom is -0.493 e. The lowest BCUT2D eigenvalue weighted by atomic mass is 10.1. The van der Waals surface area contributed by atoms with Gasteiger partial charge in [0.15, 0.2) is 18.1 Å². The van der Waals surface area contributed by atoms with E-state index in [1.165, 1.54) is 5.56 Å². The van der Waals surface area contributed by atoms with E-state index in [1.807, 2.05) is 50.2 Å². The van der Waals surface area contributed by atoms with Crippen molar-refractivity contribution in [2.45, 2.75) is 40.0 Å². The largest absolute Gasteiger partial charge is 0.493 e. The Morgan fingerprint density at radius 3 is 2.59 bits per heavy atom.